The summed E-state index contributed by atoms with van der Waals surface area (Å²) in [7, 11) is 1.94. The van der Waals surface area contributed by atoms with Crippen LogP contribution in [0.25, 0.3) is 10.9 Å². The van der Waals surface area contributed by atoms with E-state index in [0.29, 0.717) is 6.61 Å². The zero-order valence-corrected chi connectivity index (χ0v) is 14.7. The molecular formula is C18H20N4OS. The summed E-state index contributed by atoms with van der Waals surface area (Å²) in [6.07, 6.45) is 8.07. The molecule has 0 aliphatic carbocycles. The summed E-state index contributed by atoms with van der Waals surface area (Å²) in [4.78, 5) is 8.23. The first-order chi connectivity index (χ1) is 11.8. The Balaban J connectivity index is 1.73. The average Bonchev–Trinajstić information content (AvgIpc) is 3.07. The van der Waals surface area contributed by atoms with E-state index in [1.165, 1.54) is 16.0 Å². The highest BCUT2D eigenvalue weighted by Gasteiger charge is 2.26. The van der Waals surface area contributed by atoms with E-state index in [0.717, 1.165) is 24.2 Å². The van der Waals surface area contributed by atoms with Crippen molar-refractivity contribution in [1.82, 2.24) is 14.8 Å². The molecular weight excluding hydrogens is 320 g/mol. The van der Waals surface area contributed by atoms with Crippen molar-refractivity contribution in [2.45, 2.75) is 11.0 Å². The quantitative estimate of drug-likeness (QED) is 0.685. The molecule has 1 aliphatic rings. The van der Waals surface area contributed by atoms with E-state index in [4.69, 9.17) is 4.74 Å². The normalized spacial score (nSPS) is 18.2. The zero-order chi connectivity index (χ0) is 16.5. The van der Waals surface area contributed by atoms with Crippen molar-refractivity contribution in [3.8, 4) is 0 Å². The molecule has 1 atom stereocenters. The minimum atomic E-state index is 0.0501. The van der Waals surface area contributed by atoms with Crippen molar-refractivity contribution >= 4 is 28.4 Å². The summed E-state index contributed by atoms with van der Waals surface area (Å²) in [5, 5.41) is 5.48. The van der Waals surface area contributed by atoms with Crippen LogP contribution in [0, 0.1) is 0 Å². The molecule has 6 heteroatoms. The van der Waals surface area contributed by atoms with Crippen LogP contribution in [0.5, 0.6) is 0 Å². The van der Waals surface area contributed by atoms with Crippen LogP contribution in [0.3, 0.4) is 0 Å². The predicted molar refractivity (Wildman–Crippen MR) is 97.6 cm³/mol. The van der Waals surface area contributed by atoms with Gasteiger partial charge in [-0.1, -0.05) is 18.2 Å². The van der Waals surface area contributed by atoms with E-state index in [-0.39, 0.29) is 6.10 Å². The number of morpholine rings is 1. The number of ether oxygens (including phenoxy) is 1. The molecule has 0 radical (unpaired) electrons. The maximum Gasteiger partial charge on any atom is 0.103 e. The fourth-order valence-corrected chi connectivity index (χ4v) is 3.84. The Morgan fingerprint density at radius 3 is 2.92 bits per heavy atom. The maximum absolute atomic E-state index is 6.00. The van der Waals surface area contributed by atoms with Crippen LogP contribution < -0.4 is 4.90 Å². The number of aryl methyl sites for hydroxylation is 1. The highest BCUT2D eigenvalue weighted by Crippen LogP contribution is 2.37. The third-order valence-electron chi connectivity index (χ3n) is 4.41. The zero-order valence-electron chi connectivity index (χ0n) is 13.8. The molecule has 124 valence electrons. The molecule has 0 amide bonds. The first-order valence-electron chi connectivity index (χ1n) is 8.03. The van der Waals surface area contributed by atoms with Gasteiger partial charge in [-0.25, -0.2) is 0 Å². The Bertz CT molecular complexity index is 863. The number of benzene rings is 1. The molecule has 0 bridgehead atoms. The summed E-state index contributed by atoms with van der Waals surface area (Å²) in [5.41, 5.74) is 3.44. The summed E-state index contributed by atoms with van der Waals surface area (Å²) in [5.74, 6) is 0. The summed E-state index contributed by atoms with van der Waals surface area (Å²) in [6, 6.07) is 8.35. The van der Waals surface area contributed by atoms with Gasteiger partial charge in [-0.15, -0.1) is 11.8 Å². The fourth-order valence-electron chi connectivity index (χ4n) is 3.24. The molecule has 5 nitrogen and oxygen atoms in total. The van der Waals surface area contributed by atoms with Crippen LogP contribution in [0.4, 0.5) is 5.69 Å². The Labute approximate surface area is 145 Å². The molecule has 2 aromatic heterocycles. The van der Waals surface area contributed by atoms with Crippen molar-refractivity contribution in [3.63, 3.8) is 0 Å². The summed E-state index contributed by atoms with van der Waals surface area (Å²) < 4.78 is 7.82. The second-order valence-corrected chi connectivity index (χ2v) is 6.79. The van der Waals surface area contributed by atoms with E-state index in [1.54, 1.807) is 11.8 Å². The van der Waals surface area contributed by atoms with Crippen molar-refractivity contribution in [2.75, 3.05) is 30.9 Å². The Morgan fingerprint density at radius 2 is 2.12 bits per heavy atom. The van der Waals surface area contributed by atoms with Crippen molar-refractivity contribution in [2.24, 2.45) is 7.05 Å². The Morgan fingerprint density at radius 1 is 1.25 bits per heavy atom. The third-order valence-corrected chi connectivity index (χ3v) is 5.15. The lowest BCUT2D eigenvalue weighted by Gasteiger charge is -2.35. The van der Waals surface area contributed by atoms with Gasteiger partial charge in [0, 0.05) is 48.4 Å². The molecule has 0 N–H and O–H groups in total. The third kappa shape index (κ3) is 2.76. The number of aromatic nitrogens is 3. The minimum Gasteiger partial charge on any atom is -0.370 e. The maximum atomic E-state index is 6.00. The highest BCUT2D eigenvalue weighted by atomic mass is 32.2. The van der Waals surface area contributed by atoms with Crippen LogP contribution in [0.2, 0.25) is 0 Å². The van der Waals surface area contributed by atoms with Crippen LogP contribution in [0.1, 0.15) is 11.7 Å². The van der Waals surface area contributed by atoms with Gasteiger partial charge in [0.1, 0.15) is 6.10 Å². The summed E-state index contributed by atoms with van der Waals surface area (Å²) >= 11 is 1.74. The van der Waals surface area contributed by atoms with Crippen molar-refractivity contribution in [1.29, 1.82) is 0 Å². The van der Waals surface area contributed by atoms with Gasteiger partial charge in [0.2, 0.25) is 0 Å². The lowest BCUT2D eigenvalue weighted by atomic mass is 10.1. The monoisotopic (exact) mass is 340 g/mol. The molecule has 1 aliphatic heterocycles. The van der Waals surface area contributed by atoms with Gasteiger partial charge in [-0.2, -0.15) is 5.10 Å². The number of hydrogen-bond donors (Lipinski definition) is 0. The molecule has 0 saturated carbocycles. The number of nitrogens with zero attached hydrogens (tertiary/aromatic N) is 4. The predicted octanol–water partition coefficient (Wildman–Crippen LogP) is 3.27. The van der Waals surface area contributed by atoms with Crippen LogP contribution in [-0.2, 0) is 11.8 Å². The van der Waals surface area contributed by atoms with Gasteiger partial charge in [-0.05, 0) is 12.3 Å². The van der Waals surface area contributed by atoms with Gasteiger partial charge in [0.15, 0.2) is 0 Å². The van der Waals surface area contributed by atoms with Gasteiger partial charge in [0.25, 0.3) is 0 Å². The molecule has 4 rings (SSSR count). The van der Waals surface area contributed by atoms with Gasteiger partial charge >= 0.3 is 0 Å². The van der Waals surface area contributed by atoms with Gasteiger partial charge in [0.05, 0.1) is 24.0 Å². The molecule has 3 aromatic rings. The van der Waals surface area contributed by atoms with E-state index in [9.17, 15) is 0 Å². The second-order valence-electron chi connectivity index (χ2n) is 5.95. The first-order valence-corrected chi connectivity index (χ1v) is 9.25. The number of rotatable bonds is 3. The highest BCUT2D eigenvalue weighted by molar-refractivity contribution is 7.98. The number of hydrogen-bond acceptors (Lipinski definition) is 5. The minimum absolute atomic E-state index is 0.0501. The molecule has 0 unspecified atom stereocenters. The van der Waals surface area contributed by atoms with Crippen LogP contribution in [0.15, 0.2) is 47.8 Å². The average molecular weight is 340 g/mol. The largest absolute Gasteiger partial charge is 0.370 e. The fraction of sp³-hybridized carbons (Fsp3) is 0.333. The molecule has 1 aromatic carbocycles. The van der Waals surface area contributed by atoms with E-state index in [1.807, 2.05) is 36.4 Å². The summed E-state index contributed by atoms with van der Waals surface area (Å²) in [6.45, 7) is 2.43. The van der Waals surface area contributed by atoms with Gasteiger partial charge < -0.3 is 9.64 Å². The van der Waals surface area contributed by atoms with Crippen molar-refractivity contribution in [3.05, 3.63) is 48.4 Å². The molecule has 1 saturated heterocycles. The smallest absolute Gasteiger partial charge is 0.103 e. The van der Waals surface area contributed by atoms with Crippen LogP contribution in [-0.4, -0.2) is 40.7 Å². The molecule has 1 fully saturated rings. The standard InChI is InChI=1S/C18H20N4OS/c1-21-11-13(9-20-21)16-12-22(7-8-23-16)18-14-5-3-4-6-15(14)19-10-17(18)24-2/h3-6,9-11,16H,7-8,12H2,1-2H3/t16-/m1/s1. The van der Waals surface area contributed by atoms with Crippen LogP contribution >= 0.6 is 11.8 Å². The molecule has 24 heavy (non-hydrogen) atoms. The molecule has 0 spiro atoms. The van der Waals surface area contributed by atoms with Crippen molar-refractivity contribution < 1.29 is 4.74 Å². The topological polar surface area (TPSA) is 43.2 Å². The number of thioether (sulfide) groups is 1. The SMILES string of the molecule is CSc1cnc2ccccc2c1N1CCO[C@@H](c2cnn(C)c2)C1. The number of fused-ring (bicyclic) bond motifs is 1. The second kappa shape index (κ2) is 6.45. The number of pyridine rings is 1. The Hall–Kier alpha value is -2.05. The van der Waals surface area contributed by atoms with E-state index < -0.39 is 0 Å². The van der Waals surface area contributed by atoms with Gasteiger partial charge in [-0.3, -0.25) is 9.67 Å². The van der Waals surface area contributed by atoms with E-state index >= 15 is 0 Å². The number of para-hydroxylation sites is 1. The first kappa shape index (κ1) is 15.5. The number of anilines is 1. The van der Waals surface area contributed by atoms with E-state index in [2.05, 4.69) is 39.4 Å². The molecule has 3 heterocycles. The lowest BCUT2D eigenvalue weighted by molar-refractivity contribution is 0.0397. The Kier molecular flexibility index (Phi) is 4.16. The lowest BCUT2D eigenvalue weighted by Crippen LogP contribution is -2.38.